The van der Waals surface area contributed by atoms with Crippen LogP contribution in [0.1, 0.15) is 64.7 Å². The third-order valence-corrected chi connectivity index (χ3v) is 9.73. The number of hydrogen-bond donors (Lipinski definition) is 1. The zero-order valence-corrected chi connectivity index (χ0v) is 15.9. The van der Waals surface area contributed by atoms with Gasteiger partial charge in [0.1, 0.15) is 6.29 Å². The van der Waals surface area contributed by atoms with Gasteiger partial charge >= 0.3 is 0 Å². The summed E-state index contributed by atoms with van der Waals surface area (Å²) < 4.78 is 0. The van der Waals surface area contributed by atoms with Crippen LogP contribution in [-0.2, 0) is 4.79 Å². The lowest BCUT2D eigenvalue weighted by molar-refractivity contribution is -0.204. The van der Waals surface area contributed by atoms with Crippen molar-refractivity contribution < 1.29 is 9.90 Å². The Balaban J connectivity index is 1.55. The molecule has 1 heterocycles. The van der Waals surface area contributed by atoms with E-state index in [1.807, 2.05) is 0 Å². The van der Waals surface area contributed by atoms with Crippen molar-refractivity contribution >= 4 is 6.29 Å². The van der Waals surface area contributed by atoms with Gasteiger partial charge in [-0.2, -0.15) is 0 Å². The third kappa shape index (κ3) is 2.15. The molecule has 3 nitrogen and oxygen atoms in total. The van der Waals surface area contributed by atoms with Gasteiger partial charge in [0.05, 0.1) is 6.61 Å². The predicted octanol–water partition coefficient (Wildman–Crippen LogP) is 3.50. The highest BCUT2D eigenvalue weighted by Crippen LogP contribution is 2.73. The van der Waals surface area contributed by atoms with Crippen molar-refractivity contribution in [3.8, 4) is 0 Å². The fourth-order valence-corrected chi connectivity index (χ4v) is 9.24. The zero-order valence-electron chi connectivity index (χ0n) is 15.9. The van der Waals surface area contributed by atoms with Crippen LogP contribution in [0, 0.1) is 39.9 Å². The maximum absolute atomic E-state index is 11.7. The van der Waals surface area contributed by atoms with E-state index in [2.05, 4.69) is 11.8 Å². The molecular formula is C22H35NO2. The summed E-state index contributed by atoms with van der Waals surface area (Å²) >= 11 is 0. The van der Waals surface area contributed by atoms with Crippen molar-refractivity contribution in [3.05, 3.63) is 0 Å². The molecule has 4 saturated carbocycles. The summed E-state index contributed by atoms with van der Waals surface area (Å²) in [4.78, 5) is 14.3. The Morgan fingerprint density at radius 2 is 1.96 bits per heavy atom. The molecule has 0 unspecified atom stereocenters. The van der Waals surface area contributed by atoms with Crippen LogP contribution in [0.5, 0.6) is 0 Å². The maximum Gasteiger partial charge on any atom is 0.123 e. The fraction of sp³-hybridized carbons (Fsp3) is 0.955. The van der Waals surface area contributed by atoms with E-state index in [1.54, 1.807) is 0 Å². The van der Waals surface area contributed by atoms with Gasteiger partial charge in [-0.1, -0.05) is 13.3 Å². The summed E-state index contributed by atoms with van der Waals surface area (Å²) in [6, 6.07) is 0. The van der Waals surface area contributed by atoms with Gasteiger partial charge in [0.15, 0.2) is 0 Å². The molecule has 1 aliphatic heterocycles. The number of carbonyl (C=O) groups excluding carboxylic acids is 1. The number of aliphatic hydroxyl groups is 1. The minimum atomic E-state index is 0.294. The Hall–Kier alpha value is -0.410. The van der Waals surface area contributed by atoms with Gasteiger partial charge in [-0.25, -0.2) is 0 Å². The number of β-amino-alcohol motifs (C(OH)–C–C–N with tert-alkyl or cyclic N) is 1. The molecule has 25 heavy (non-hydrogen) atoms. The largest absolute Gasteiger partial charge is 0.395 e. The fourth-order valence-electron chi connectivity index (χ4n) is 9.24. The smallest absolute Gasteiger partial charge is 0.123 e. The highest BCUT2D eigenvalue weighted by molar-refractivity contribution is 5.55. The predicted molar refractivity (Wildman–Crippen MR) is 98.1 cm³/mol. The molecule has 0 aromatic heterocycles. The number of aldehydes is 1. The number of rotatable bonds is 3. The van der Waals surface area contributed by atoms with Crippen molar-refractivity contribution in [1.82, 2.24) is 4.90 Å². The standard InChI is InChI=1S/C22H35NO2/c1-20-6-2-7-22(15-23(14-20)9-10-24)18(20)5-8-21-11-16(3-4-19(21)22)17(12-21)13-25/h13,16-19,24H,2-12,14-15H2,1H3/t16-,17-,18+,19+,20-,21-,22-/m0/s1. The topological polar surface area (TPSA) is 40.5 Å². The average molecular weight is 346 g/mol. The minimum Gasteiger partial charge on any atom is -0.395 e. The summed E-state index contributed by atoms with van der Waals surface area (Å²) in [6.45, 7) is 6.11. The molecule has 5 fully saturated rings. The number of carbonyl (C=O) groups is 1. The molecule has 1 spiro atoms. The second kappa shape index (κ2) is 5.55. The van der Waals surface area contributed by atoms with Gasteiger partial charge in [0.25, 0.3) is 0 Å². The van der Waals surface area contributed by atoms with Crippen molar-refractivity contribution in [2.24, 2.45) is 39.9 Å². The molecule has 0 aromatic carbocycles. The van der Waals surface area contributed by atoms with Crippen molar-refractivity contribution in [1.29, 1.82) is 0 Å². The van der Waals surface area contributed by atoms with E-state index in [0.717, 1.165) is 18.4 Å². The Labute approximate surface area is 152 Å². The van der Waals surface area contributed by atoms with Crippen LogP contribution >= 0.6 is 0 Å². The molecule has 3 heteroatoms. The summed E-state index contributed by atoms with van der Waals surface area (Å²) in [5, 5.41) is 9.58. The number of aliphatic hydroxyl groups excluding tert-OH is 1. The van der Waals surface area contributed by atoms with Gasteiger partial charge in [0, 0.05) is 25.6 Å². The lowest BCUT2D eigenvalue weighted by Crippen LogP contribution is -2.67. The third-order valence-electron chi connectivity index (χ3n) is 9.73. The summed E-state index contributed by atoms with van der Waals surface area (Å²) in [7, 11) is 0. The van der Waals surface area contributed by atoms with Crippen molar-refractivity contribution in [2.45, 2.75) is 64.7 Å². The molecule has 1 saturated heterocycles. The number of nitrogens with zero attached hydrogens (tertiary/aromatic N) is 1. The van der Waals surface area contributed by atoms with E-state index in [-0.39, 0.29) is 0 Å². The Morgan fingerprint density at radius 3 is 2.76 bits per heavy atom. The SMILES string of the molecule is C[C@]12CCC[C@]3(CN(CCO)C1)[C@@H]2CC[C@@]12C[C@H](CC[C@H]13)[C@H](C=O)C2. The van der Waals surface area contributed by atoms with Gasteiger partial charge in [-0.3, -0.25) is 4.90 Å². The van der Waals surface area contributed by atoms with Gasteiger partial charge in [0.2, 0.25) is 0 Å². The monoisotopic (exact) mass is 345 g/mol. The first-order valence-electron chi connectivity index (χ1n) is 10.8. The van der Waals surface area contributed by atoms with Crippen LogP contribution in [0.3, 0.4) is 0 Å². The normalized spacial score (nSPS) is 54.6. The number of fused-ring (bicyclic) bond motifs is 1. The molecule has 4 aliphatic carbocycles. The van der Waals surface area contributed by atoms with E-state index >= 15 is 0 Å². The van der Waals surface area contributed by atoms with Crippen LogP contribution in [0.15, 0.2) is 0 Å². The highest BCUT2D eigenvalue weighted by Gasteiger charge is 2.67. The lowest BCUT2D eigenvalue weighted by Gasteiger charge is -2.69. The van der Waals surface area contributed by atoms with Crippen molar-refractivity contribution in [3.63, 3.8) is 0 Å². The highest BCUT2D eigenvalue weighted by atomic mass is 16.3. The zero-order chi connectivity index (χ0) is 17.3. The molecule has 0 radical (unpaired) electrons. The van der Waals surface area contributed by atoms with Crippen LogP contribution in [-0.4, -0.2) is 42.5 Å². The second-order valence-electron chi connectivity index (χ2n) is 10.7. The Kier molecular flexibility index (Phi) is 3.71. The molecule has 5 rings (SSSR count). The lowest BCUT2D eigenvalue weighted by atomic mass is 9.39. The van der Waals surface area contributed by atoms with E-state index in [0.29, 0.717) is 34.7 Å². The molecule has 1 N–H and O–H groups in total. The molecule has 7 atom stereocenters. The first-order valence-corrected chi connectivity index (χ1v) is 10.8. The van der Waals surface area contributed by atoms with Gasteiger partial charge in [-0.15, -0.1) is 0 Å². The number of piperidine rings is 1. The maximum atomic E-state index is 11.7. The second-order valence-corrected chi connectivity index (χ2v) is 10.7. The average Bonchev–Trinajstić information content (AvgIpc) is 2.84. The van der Waals surface area contributed by atoms with E-state index < -0.39 is 0 Å². The van der Waals surface area contributed by atoms with Gasteiger partial charge < -0.3 is 9.90 Å². The molecule has 140 valence electrons. The number of hydrogen-bond acceptors (Lipinski definition) is 3. The molecule has 0 amide bonds. The summed E-state index contributed by atoms with van der Waals surface area (Å²) in [6.07, 6.45) is 13.5. The van der Waals surface area contributed by atoms with Crippen LogP contribution in [0.4, 0.5) is 0 Å². The first kappa shape index (κ1) is 16.7. The summed E-state index contributed by atoms with van der Waals surface area (Å²) in [5.41, 5.74) is 1.40. The molecular weight excluding hydrogens is 310 g/mol. The Bertz CT molecular complexity index is 564. The van der Waals surface area contributed by atoms with Gasteiger partial charge in [-0.05, 0) is 85.4 Å². The van der Waals surface area contributed by atoms with E-state index in [9.17, 15) is 9.90 Å². The minimum absolute atomic E-state index is 0.294. The van der Waals surface area contributed by atoms with Crippen LogP contribution < -0.4 is 0 Å². The summed E-state index contributed by atoms with van der Waals surface area (Å²) in [5.74, 6) is 2.76. The van der Waals surface area contributed by atoms with E-state index in [1.165, 1.54) is 77.2 Å². The first-order chi connectivity index (χ1) is 12.1. The van der Waals surface area contributed by atoms with Crippen LogP contribution in [0.2, 0.25) is 0 Å². The Morgan fingerprint density at radius 1 is 1.08 bits per heavy atom. The number of likely N-dealkylation sites (tertiary alicyclic amines) is 1. The molecule has 5 aliphatic rings. The van der Waals surface area contributed by atoms with Crippen molar-refractivity contribution in [2.75, 3.05) is 26.2 Å². The van der Waals surface area contributed by atoms with E-state index in [4.69, 9.17) is 0 Å². The molecule has 4 bridgehead atoms. The molecule has 0 aromatic rings. The quantitative estimate of drug-likeness (QED) is 0.796. The van der Waals surface area contributed by atoms with Crippen LogP contribution in [0.25, 0.3) is 0 Å².